The Balaban J connectivity index is 2.31. The average Bonchev–Trinajstić information content (AvgIpc) is 2.33. The van der Waals surface area contributed by atoms with Gasteiger partial charge >= 0.3 is 0 Å². The number of anilines is 2. The Morgan fingerprint density at radius 3 is 2.47 bits per heavy atom. The summed E-state index contributed by atoms with van der Waals surface area (Å²) in [5, 5.41) is 2.27. The molecule has 0 aliphatic rings. The van der Waals surface area contributed by atoms with Crippen LogP contribution in [0, 0.1) is 5.82 Å². The first-order valence-electron chi connectivity index (χ1n) is 5.01. The van der Waals surface area contributed by atoms with Crippen LogP contribution in [0.3, 0.4) is 0 Å². The fraction of sp³-hybridized carbons (Fsp3) is 0. The molecule has 0 fully saturated rings. The molecular formula is C11H7Cl2FN4O. The highest BCUT2D eigenvalue weighted by Gasteiger charge is 2.16. The van der Waals surface area contributed by atoms with Crippen LogP contribution in [-0.4, -0.2) is 15.9 Å². The largest absolute Gasteiger partial charge is 0.399 e. The molecular weight excluding hydrogens is 294 g/mol. The van der Waals surface area contributed by atoms with Crippen molar-refractivity contribution in [2.24, 2.45) is 0 Å². The van der Waals surface area contributed by atoms with Crippen molar-refractivity contribution in [3.05, 3.63) is 46.2 Å². The van der Waals surface area contributed by atoms with Gasteiger partial charge in [-0.15, -0.1) is 0 Å². The second-order valence-corrected chi connectivity index (χ2v) is 4.24. The number of amides is 1. The van der Waals surface area contributed by atoms with Crippen molar-refractivity contribution in [3.63, 3.8) is 0 Å². The third-order valence-electron chi connectivity index (χ3n) is 2.23. The highest BCUT2D eigenvalue weighted by Crippen LogP contribution is 2.26. The lowest BCUT2D eigenvalue weighted by Crippen LogP contribution is -2.15. The maximum absolute atomic E-state index is 13.6. The topological polar surface area (TPSA) is 80.9 Å². The summed E-state index contributed by atoms with van der Waals surface area (Å²) >= 11 is 11.5. The molecule has 19 heavy (non-hydrogen) atoms. The smallest absolute Gasteiger partial charge is 0.258 e. The first-order chi connectivity index (χ1) is 8.99. The molecule has 0 saturated carbocycles. The van der Waals surface area contributed by atoms with Gasteiger partial charge < -0.3 is 11.1 Å². The van der Waals surface area contributed by atoms with Gasteiger partial charge in [0.25, 0.3) is 5.91 Å². The number of hydrogen-bond donors (Lipinski definition) is 2. The Labute approximate surface area is 117 Å². The zero-order chi connectivity index (χ0) is 14.0. The molecule has 0 aliphatic heterocycles. The third-order valence-corrected chi connectivity index (χ3v) is 2.80. The van der Waals surface area contributed by atoms with Crippen LogP contribution in [0.1, 0.15) is 10.4 Å². The van der Waals surface area contributed by atoms with Crippen LogP contribution in [0.5, 0.6) is 0 Å². The molecule has 3 N–H and O–H groups in total. The molecule has 2 rings (SSSR count). The first kappa shape index (κ1) is 13.5. The number of nitrogens with zero attached hydrogens (tertiary/aromatic N) is 2. The molecule has 1 amide bonds. The molecule has 8 heteroatoms. The van der Waals surface area contributed by atoms with E-state index in [0.29, 0.717) is 0 Å². The molecule has 0 radical (unpaired) electrons. The van der Waals surface area contributed by atoms with E-state index < -0.39 is 11.7 Å². The normalized spacial score (nSPS) is 10.3. The van der Waals surface area contributed by atoms with Crippen LogP contribution in [0.2, 0.25) is 10.3 Å². The minimum Gasteiger partial charge on any atom is -0.399 e. The van der Waals surface area contributed by atoms with Gasteiger partial charge in [0.2, 0.25) is 0 Å². The molecule has 1 aromatic carbocycles. The van der Waals surface area contributed by atoms with E-state index in [4.69, 9.17) is 28.9 Å². The summed E-state index contributed by atoms with van der Waals surface area (Å²) in [5.74, 6) is -1.47. The molecule has 0 unspecified atom stereocenters. The van der Waals surface area contributed by atoms with Crippen LogP contribution in [0.25, 0.3) is 0 Å². The Morgan fingerprint density at radius 2 is 1.89 bits per heavy atom. The van der Waals surface area contributed by atoms with E-state index in [9.17, 15) is 9.18 Å². The summed E-state index contributed by atoms with van der Waals surface area (Å²) < 4.78 is 13.6. The summed E-state index contributed by atoms with van der Waals surface area (Å²) in [6, 6.07) is 3.70. The van der Waals surface area contributed by atoms with Crippen LogP contribution >= 0.6 is 23.2 Å². The lowest BCUT2D eigenvalue weighted by molar-refractivity contribution is 0.102. The summed E-state index contributed by atoms with van der Waals surface area (Å²) in [6.07, 6.45) is 1.14. The lowest BCUT2D eigenvalue weighted by Gasteiger charge is -2.08. The zero-order valence-corrected chi connectivity index (χ0v) is 10.8. The second kappa shape index (κ2) is 5.38. The van der Waals surface area contributed by atoms with Gasteiger partial charge in [-0.25, -0.2) is 14.4 Å². The Kier molecular flexibility index (Phi) is 3.82. The summed E-state index contributed by atoms with van der Waals surface area (Å²) in [5.41, 5.74) is 5.44. The van der Waals surface area contributed by atoms with Crippen molar-refractivity contribution >= 4 is 40.5 Å². The maximum Gasteiger partial charge on any atom is 0.258 e. The van der Waals surface area contributed by atoms with Gasteiger partial charge in [-0.3, -0.25) is 4.79 Å². The number of hydrogen-bond acceptors (Lipinski definition) is 4. The van der Waals surface area contributed by atoms with E-state index in [1.54, 1.807) is 0 Å². The van der Waals surface area contributed by atoms with E-state index in [0.717, 1.165) is 12.4 Å². The van der Waals surface area contributed by atoms with E-state index in [-0.39, 0.29) is 27.2 Å². The van der Waals surface area contributed by atoms with Crippen molar-refractivity contribution in [3.8, 4) is 0 Å². The predicted molar refractivity (Wildman–Crippen MR) is 70.8 cm³/mol. The second-order valence-electron chi connectivity index (χ2n) is 3.52. The number of carbonyl (C=O) groups is 1. The fourth-order valence-electron chi connectivity index (χ4n) is 1.34. The molecule has 0 saturated heterocycles. The molecule has 0 atom stereocenters. The molecule has 1 aromatic heterocycles. The third kappa shape index (κ3) is 2.91. The molecule has 0 spiro atoms. The van der Waals surface area contributed by atoms with Crippen molar-refractivity contribution in [1.29, 1.82) is 0 Å². The average molecular weight is 301 g/mol. The highest BCUT2D eigenvalue weighted by atomic mass is 35.5. The van der Waals surface area contributed by atoms with Crippen LogP contribution in [-0.2, 0) is 0 Å². The summed E-state index contributed by atoms with van der Waals surface area (Å²) in [7, 11) is 0. The van der Waals surface area contributed by atoms with Gasteiger partial charge in [-0.05, 0) is 18.2 Å². The minimum absolute atomic E-state index is 0.0204. The molecule has 98 valence electrons. The van der Waals surface area contributed by atoms with Crippen LogP contribution in [0.4, 0.5) is 15.8 Å². The van der Waals surface area contributed by atoms with Gasteiger partial charge in [-0.1, -0.05) is 23.2 Å². The number of benzene rings is 1. The van der Waals surface area contributed by atoms with Crippen LogP contribution in [0.15, 0.2) is 24.5 Å². The molecule has 2 aromatic rings. The number of aromatic nitrogens is 2. The van der Waals surface area contributed by atoms with Gasteiger partial charge in [-0.2, -0.15) is 0 Å². The number of halogens is 3. The molecule has 1 heterocycles. The highest BCUT2D eigenvalue weighted by molar-refractivity contribution is 6.38. The summed E-state index contributed by atoms with van der Waals surface area (Å²) in [4.78, 5) is 19.2. The lowest BCUT2D eigenvalue weighted by atomic mass is 10.2. The number of nitrogen functional groups attached to an aromatic ring is 1. The molecule has 0 bridgehead atoms. The Hall–Kier alpha value is -1.92. The van der Waals surface area contributed by atoms with Crippen molar-refractivity contribution in [2.75, 3.05) is 11.1 Å². The monoisotopic (exact) mass is 300 g/mol. The number of nitrogens with two attached hydrogens (primary N) is 1. The molecule has 0 aliphatic carbocycles. The quantitative estimate of drug-likeness (QED) is 0.660. The van der Waals surface area contributed by atoms with Gasteiger partial charge in [0.05, 0.1) is 5.56 Å². The van der Waals surface area contributed by atoms with Crippen LogP contribution < -0.4 is 11.1 Å². The van der Waals surface area contributed by atoms with Gasteiger partial charge in [0, 0.05) is 5.69 Å². The van der Waals surface area contributed by atoms with E-state index in [1.165, 1.54) is 12.1 Å². The van der Waals surface area contributed by atoms with Crippen molar-refractivity contribution in [2.45, 2.75) is 0 Å². The van der Waals surface area contributed by atoms with Crippen molar-refractivity contribution in [1.82, 2.24) is 9.97 Å². The van der Waals surface area contributed by atoms with E-state index >= 15 is 0 Å². The fourth-order valence-corrected chi connectivity index (χ4v) is 1.75. The van der Waals surface area contributed by atoms with E-state index in [2.05, 4.69) is 15.3 Å². The number of nitrogens with one attached hydrogen (secondary N) is 1. The first-order valence-corrected chi connectivity index (χ1v) is 5.77. The SMILES string of the molecule is Nc1ccc(C(=O)Nc2c(Cl)ncnc2Cl)c(F)c1. The van der Waals surface area contributed by atoms with E-state index in [1.807, 2.05) is 0 Å². The van der Waals surface area contributed by atoms with Gasteiger partial charge in [0.1, 0.15) is 17.8 Å². The standard InChI is InChI=1S/C11H7Cl2FN4O/c12-9-8(10(13)17-4-16-9)18-11(19)6-2-1-5(15)3-7(6)14/h1-4H,15H2,(H,18,19). The number of rotatable bonds is 2. The van der Waals surface area contributed by atoms with Crippen molar-refractivity contribution < 1.29 is 9.18 Å². The summed E-state index contributed by atoms with van der Waals surface area (Å²) in [6.45, 7) is 0. The Morgan fingerprint density at radius 1 is 1.26 bits per heavy atom. The predicted octanol–water partition coefficient (Wildman–Crippen LogP) is 2.76. The Bertz CT molecular complexity index is 630. The molecule has 5 nitrogen and oxygen atoms in total. The van der Waals surface area contributed by atoms with Gasteiger partial charge in [0.15, 0.2) is 10.3 Å². The maximum atomic E-state index is 13.6. The zero-order valence-electron chi connectivity index (χ0n) is 9.32. The number of carbonyl (C=O) groups excluding carboxylic acids is 1. The minimum atomic E-state index is -0.749.